The minimum atomic E-state index is 0.596. The summed E-state index contributed by atoms with van der Waals surface area (Å²) in [6.07, 6.45) is 7.29. The van der Waals surface area contributed by atoms with Gasteiger partial charge in [0.2, 0.25) is 0 Å². The molecule has 1 aromatic rings. The number of hydrogen-bond acceptors (Lipinski definition) is 3. The molecule has 0 N–H and O–H groups in total. The molecule has 14 heavy (non-hydrogen) atoms. The molecule has 0 saturated carbocycles. The van der Waals surface area contributed by atoms with Crippen LogP contribution in [0.25, 0.3) is 0 Å². The van der Waals surface area contributed by atoms with Crippen molar-refractivity contribution < 1.29 is 0 Å². The second-order valence-electron chi connectivity index (χ2n) is 3.56. The van der Waals surface area contributed by atoms with Crippen LogP contribution in [0, 0.1) is 0 Å². The van der Waals surface area contributed by atoms with Gasteiger partial charge in [-0.2, -0.15) is 0 Å². The number of hydrogen-bond donors (Lipinski definition) is 0. The van der Waals surface area contributed by atoms with Gasteiger partial charge in [-0.3, -0.25) is 0 Å². The molecule has 1 atom stereocenters. The lowest BCUT2D eigenvalue weighted by Gasteiger charge is -2.35. The van der Waals surface area contributed by atoms with Crippen LogP contribution < -0.4 is 4.90 Å². The molecule has 0 amide bonds. The molecule has 1 aliphatic heterocycles. The van der Waals surface area contributed by atoms with E-state index in [2.05, 4.69) is 30.8 Å². The van der Waals surface area contributed by atoms with Gasteiger partial charge in [-0.1, -0.05) is 15.9 Å². The van der Waals surface area contributed by atoms with Crippen LogP contribution in [-0.2, 0) is 0 Å². The number of alkyl halides is 1. The third kappa shape index (κ3) is 2.05. The second-order valence-corrected chi connectivity index (χ2v) is 4.21. The summed E-state index contributed by atoms with van der Waals surface area (Å²) in [7, 11) is 0. The highest BCUT2D eigenvalue weighted by atomic mass is 79.9. The molecule has 0 radical (unpaired) electrons. The summed E-state index contributed by atoms with van der Waals surface area (Å²) in [5.41, 5.74) is 0. The normalized spacial score (nSPS) is 22.4. The number of rotatable bonds is 2. The number of halogens is 1. The van der Waals surface area contributed by atoms with Crippen LogP contribution in [0.2, 0.25) is 0 Å². The summed E-state index contributed by atoms with van der Waals surface area (Å²) >= 11 is 3.56. The zero-order valence-corrected chi connectivity index (χ0v) is 9.65. The molecule has 2 heterocycles. The van der Waals surface area contributed by atoms with E-state index in [-0.39, 0.29) is 0 Å². The monoisotopic (exact) mass is 255 g/mol. The molecule has 0 bridgehead atoms. The van der Waals surface area contributed by atoms with Crippen molar-refractivity contribution in [3.05, 3.63) is 18.6 Å². The Hall–Kier alpha value is -0.640. The highest BCUT2D eigenvalue weighted by Crippen LogP contribution is 2.23. The molecule has 0 aliphatic carbocycles. The first-order valence-electron chi connectivity index (χ1n) is 5.00. The van der Waals surface area contributed by atoms with Gasteiger partial charge in [0, 0.05) is 24.1 Å². The summed E-state index contributed by atoms with van der Waals surface area (Å²) < 4.78 is 0. The Morgan fingerprint density at radius 1 is 1.50 bits per heavy atom. The van der Waals surface area contributed by atoms with E-state index in [1.807, 2.05) is 12.3 Å². The molecule has 0 aromatic carbocycles. The van der Waals surface area contributed by atoms with Crippen LogP contribution in [0.15, 0.2) is 18.6 Å². The quantitative estimate of drug-likeness (QED) is 0.760. The van der Waals surface area contributed by atoms with Gasteiger partial charge in [-0.15, -0.1) is 0 Å². The molecule has 1 aliphatic rings. The minimum Gasteiger partial charge on any atom is -0.353 e. The standard InChI is InChI=1S/C10H14BrN3/c11-7-9-3-1-2-6-14(9)10-4-5-12-8-13-10/h4-5,8-9H,1-3,6-7H2. The molecule has 2 rings (SSSR count). The molecular formula is C10H14BrN3. The lowest BCUT2D eigenvalue weighted by molar-refractivity contribution is 0.487. The van der Waals surface area contributed by atoms with E-state index in [0.29, 0.717) is 6.04 Å². The van der Waals surface area contributed by atoms with Gasteiger partial charge in [-0.25, -0.2) is 9.97 Å². The van der Waals surface area contributed by atoms with Crippen molar-refractivity contribution in [3.8, 4) is 0 Å². The van der Waals surface area contributed by atoms with E-state index >= 15 is 0 Å². The Balaban J connectivity index is 2.15. The molecular weight excluding hydrogens is 242 g/mol. The minimum absolute atomic E-state index is 0.596. The summed E-state index contributed by atoms with van der Waals surface area (Å²) in [4.78, 5) is 10.6. The molecule has 0 spiro atoms. The Morgan fingerprint density at radius 3 is 3.14 bits per heavy atom. The Bertz CT molecular complexity index is 278. The molecule has 4 heteroatoms. The van der Waals surface area contributed by atoms with Gasteiger partial charge >= 0.3 is 0 Å². The average Bonchev–Trinajstić information content (AvgIpc) is 2.30. The van der Waals surface area contributed by atoms with E-state index < -0.39 is 0 Å². The van der Waals surface area contributed by atoms with E-state index in [1.54, 1.807) is 6.33 Å². The predicted octanol–water partition coefficient (Wildman–Crippen LogP) is 2.23. The first-order chi connectivity index (χ1) is 6.92. The summed E-state index contributed by atoms with van der Waals surface area (Å²) in [5, 5.41) is 1.02. The van der Waals surface area contributed by atoms with Gasteiger partial charge in [0.05, 0.1) is 0 Å². The Kier molecular flexibility index (Phi) is 3.35. The van der Waals surface area contributed by atoms with Crippen molar-refractivity contribution in [3.63, 3.8) is 0 Å². The Labute approximate surface area is 92.7 Å². The van der Waals surface area contributed by atoms with Crippen LogP contribution in [0.1, 0.15) is 19.3 Å². The van der Waals surface area contributed by atoms with Crippen molar-refractivity contribution in [1.82, 2.24) is 9.97 Å². The van der Waals surface area contributed by atoms with Gasteiger partial charge < -0.3 is 4.90 Å². The Morgan fingerprint density at radius 2 is 2.43 bits per heavy atom. The largest absolute Gasteiger partial charge is 0.353 e. The summed E-state index contributed by atoms with van der Waals surface area (Å²) in [6.45, 7) is 1.12. The molecule has 3 nitrogen and oxygen atoms in total. The zero-order chi connectivity index (χ0) is 9.80. The topological polar surface area (TPSA) is 29.0 Å². The van der Waals surface area contributed by atoms with E-state index in [1.165, 1.54) is 19.3 Å². The maximum Gasteiger partial charge on any atom is 0.132 e. The van der Waals surface area contributed by atoms with Crippen LogP contribution in [0.5, 0.6) is 0 Å². The van der Waals surface area contributed by atoms with E-state index in [9.17, 15) is 0 Å². The van der Waals surface area contributed by atoms with Gasteiger partial charge in [-0.05, 0) is 25.3 Å². The van der Waals surface area contributed by atoms with Crippen LogP contribution in [0.4, 0.5) is 5.82 Å². The van der Waals surface area contributed by atoms with Crippen molar-refractivity contribution in [1.29, 1.82) is 0 Å². The molecule has 1 fully saturated rings. The van der Waals surface area contributed by atoms with Crippen LogP contribution in [-0.4, -0.2) is 27.9 Å². The van der Waals surface area contributed by atoms with E-state index in [4.69, 9.17) is 0 Å². The fourth-order valence-corrected chi connectivity index (χ4v) is 2.59. The second kappa shape index (κ2) is 4.73. The fraction of sp³-hybridized carbons (Fsp3) is 0.600. The molecule has 1 saturated heterocycles. The predicted molar refractivity (Wildman–Crippen MR) is 60.8 cm³/mol. The smallest absolute Gasteiger partial charge is 0.132 e. The molecule has 76 valence electrons. The van der Waals surface area contributed by atoms with Crippen molar-refractivity contribution >= 4 is 21.7 Å². The first-order valence-corrected chi connectivity index (χ1v) is 6.12. The van der Waals surface area contributed by atoms with Gasteiger partial charge in [0.25, 0.3) is 0 Å². The number of anilines is 1. The van der Waals surface area contributed by atoms with Crippen molar-refractivity contribution in [2.45, 2.75) is 25.3 Å². The lowest BCUT2D eigenvalue weighted by atomic mass is 10.0. The number of piperidine rings is 1. The highest BCUT2D eigenvalue weighted by molar-refractivity contribution is 9.09. The SMILES string of the molecule is BrCC1CCCCN1c1ccncn1. The average molecular weight is 256 g/mol. The summed E-state index contributed by atoms with van der Waals surface area (Å²) in [5.74, 6) is 1.06. The maximum atomic E-state index is 4.29. The molecule has 1 unspecified atom stereocenters. The number of aromatic nitrogens is 2. The van der Waals surface area contributed by atoms with E-state index in [0.717, 1.165) is 17.7 Å². The first kappa shape index (κ1) is 9.90. The molecule has 1 aromatic heterocycles. The van der Waals surface area contributed by atoms with Gasteiger partial charge in [0.1, 0.15) is 12.1 Å². The van der Waals surface area contributed by atoms with Crippen LogP contribution >= 0.6 is 15.9 Å². The third-order valence-electron chi connectivity index (χ3n) is 2.67. The van der Waals surface area contributed by atoms with Gasteiger partial charge in [0.15, 0.2) is 0 Å². The highest BCUT2D eigenvalue weighted by Gasteiger charge is 2.21. The van der Waals surface area contributed by atoms with Crippen LogP contribution in [0.3, 0.4) is 0 Å². The van der Waals surface area contributed by atoms with Crippen molar-refractivity contribution in [2.24, 2.45) is 0 Å². The fourth-order valence-electron chi connectivity index (χ4n) is 1.92. The lowest BCUT2D eigenvalue weighted by Crippen LogP contribution is -2.41. The third-order valence-corrected chi connectivity index (χ3v) is 3.41. The summed E-state index contributed by atoms with van der Waals surface area (Å²) in [6, 6.07) is 2.58. The number of nitrogens with zero attached hydrogens (tertiary/aromatic N) is 3. The maximum absolute atomic E-state index is 4.29. The van der Waals surface area contributed by atoms with Crippen molar-refractivity contribution in [2.75, 3.05) is 16.8 Å². The zero-order valence-electron chi connectivity index (χ0n) is 8.06.